The van der Waals surface area contributed by atoms with Crippen LogP contribution < -0.4 is 5.43 Å². The zero-order valence-corrected chi connectivity index (χ0v) is 18.9. The van der Waals surface area contributed by atoms with Crippen LogP contribution >= 0.6 is 0 Å². The molecule has 1 heterocycles. The standard InChI is InChI=1S/C29H22O6/c1-34-26(32)15-23(21-8-4-6-17-5-2-3-7-20(17)21)27-25(31)14-13-22-28(33)24(16-35-29(22)27)18-9-11-19(30)12-10-18/h2-14,16,23,30-31H,15H2,1H3. The van der Waals surface area contributed by atoms with E-state index in [1.807, 2.05) is 42.5 Å². The summed E-state index contributed by atoms with van der Waals surface area (Å²) in [6.45, 7) is 0. The Bertz CT molecular complexity index is 1610. The molecule has 0 fully saturated rings. The van der Waals surface area contributed by atoms with Crippen LogP contribution in [-0.2, 0) is 9.53 Å². The topological polar surface area (TPSA) is 97.0 Å². The Labute approximate surface area is 200 Å². The van der Waals surface area contributed by atoms with Crippen LogP contribution in [0.15, 0.2) is 94.3 Å². The van der Waals surface area contributed by atoms with E-state index in [1.165, 1.54) is 37.6 Å². The number of fused-ring (bicyclic) bond motifs is 2. The molecule has 0 aliphatic carbocycles. The van der Waals surface area contributed by atoms with Crippen LogP contribution in [0.4, 0.5) is 0 Å². The van der Waals surface area contributed by atoms with E-state index in [9.17, 15) is 19.8 Å². The average Bonchev–Trinajstić information content (AvgIpc) is 2.88. The maximum atomic E-state index is 13.4. The lowest BCUT2D eigenvalue weighted by Gasteiger charge is -2.21. The molecular weight excluding hydrogens is 444 g/mol. The third-order valence-electron chi connectivity index (χ3n) is 6.28. The van der Waals surface area contributed by atoms with Crippen LogP contribution in [-0.4, -0.2) is 23.3 Å². The normalized spacial score (nSPS) is 12.0. The predicted octanol–water partition coefficient (Wildman–Crippen LogP) is 5.72. The molecule has 4 aromatic carbocycles. The number of benzene rings is 4. The number of methoxy groups -OCH3 is 1. The summed E-state index contributed by atoms with van der Waals surface area (Å²) >= 11 is 0. The summed E-state index contributed by atoms with van der Waals surface area (Å²) in [7, 11) is 1.31. The number of carbonyl (C=O) groups excluding carboxylic acids is 1. The van der Waals surface area contributed by atoms with E-state index in [-0.39, 0.29) is 34.3 Å². The summed E-state index contributed by atoms with van der Waals surface area (Å²) in [6, 6.07) is 22.7. The third-order valence-corrected chi connectivity index (χ3v) is 6.28. The Morgan fingerprint density at radius 2 is 1.66 bits per heavy atom. The fourth-order valence-corrected chi connectivity index (χ4v) is 4.56. The van der Waals surface area contributed by atoms with Gasteiger partial charge in [-0.2, -0.15) is 0 Å². The van der Waals surface area contributed by atoms with Crippen LogP contribution in [0.3, 0.4) is 0 Å². The van der Waals surface area contributed by atoms with Gasteiger partial charge in [0.1, 0.15) is 23.3 Å². The second-order valence-electron chi connectivity index (χ2n) is 8.30. The lowest BCUT2D eigenvalue weighted by Crippen LogP contribution is -2.13. The lowest BCUT2D eigenvalue weighted by atomic mass is 9.84. The molecule has 6 nitrogen and oxygen atoms in total. The maximum absolute atomic E-state index is 13.4. The number of hydrogen-bond donors (Lipinski definition) is 2. The minimum Gasteiger partial charge on any atom is -0.508 e. The highest BCUT2D eigenvalue weighted by Crippen LogP contribution is 2.41. The van der Waals surface area contributed by atoms with E-state index in [0.717, 1.165) is 16.3 Å². The van der Waals surface area contributed by atoms with Crippen molar-refractivity contribution in [3.05, 3.63) is 106 Å². The van der Waals surface area contributed by atoms with Crippen molar-refractivity contribution in [2.45, 2.75) is 12.3 Å². The number of phenolic OH excluding ortho intramolecular Hbond substituents is 2. The highest BCUT2D eigenvalue weighted by molar-refractivity contribution is 5.91. The Morgan fingerprint density at radius 3 is 2.43 bits per heavy atom. The maximum Gasteiger partial charge on any atom is 0.306 e. The number of carbonyl (C=O) groups is 1. The van der Waals surface area contributed by atoms with E-state index in [4.69, 9.17) is 9.15 Å². The molecule has 6 heteroatoms. The van der Waals surface area contributed by atoms with Crippen LogP contribution in [0, 0.1) is 0 Å². The summed E-state index contributed by atoms with van der Waals surface area (Å²) in [5.41, 5.74) is 1.99. The molecule has 174 valence electrons. The molecule has 1 aromatic heterocycles. The molecule has 0 spiro atoms. The largest absolute Gasteiger partial charge is 0.508 e. The van der Waals surface area contributed by atoms with Crippen molar-refractivity contribution in [3.63, 3.8) is 0 Å². The van der Waals surface area contributed by atoms with Gasteiger partial charge in [-0.25, -0.2) is 0 Å². The molecule has 0 bridgehead atoms. The molecule has 0 saturated heterocycles. The highest BCUT2D eigenvalue weighted by Gasteiger charge is 2.27. The molecule has 35 heavy (non-hydrogen) atoms. The van der Waals surface area contributed by atoms with Gasteiger partial charge in [-0.3, -0.25) is 9.59 Å². The number of aromatic hydroxyl groups is 2. The van der Waals surface area contributed by atoms with Gasteiger partial charge in [0, 0.05) is 11.5 Å². The van der Waals surface area contributed by atoms with Crippen molar-refractivity contribution in [1.82, 2.24) is 0 Å². The Balaban J connectivity index is 1.77. The minimum atomic E-state index is -0.625. The van der Waals surface area contributed by atoms with Gasteiger partial charge in [-0.1, -0.05) is 54.6 Å². The molecule has 0 aliphatic heterocycles. The Hall–Kier alpha value is -4.58. The molecule has 0 amide bonds. The van der Waals surface area contributed by atoms with Crippen molar-refractivity contribution >= 4 is 27.7 Å². The van der Waals surface area contributed by atoms with Crippen molar-refractivity contribution < 1.29 is 24.2 Å². The Kier molecular flexibility index (Phi) is 5.71. The minimum absolute atomic E-state index is 0.0550. The summed E-state index contributed by atoms with van der Waals surface area (Å²) in [5.74, 6) is -1.07. The van der Waals surface area contributed by atoms with E-state index in [1.54, 1.807) is 12.1 Å². The third kappa shape index (κ3) is 3.99. The van der Waals surface area contributed by atoms with E-state index < -0.39 is 11.9 Å². The summed E-state index contributed by atoms with van der Waals surface area (Å²) in [4.78, 5) is 25.9. The van der Waals surface area contributed by atoms with Crippen LogP contribution in [0.5, 0.6) is 11.5 Å². The van der Waals surface area contributed by atoms with E-state index in [0.29, 0.717) is 16.7 Å². The van der Waals surface area contributed by atoms with Gasteiger partial charge in [0.15, 0.2) is 0 Å². The van der Waals surface area contributed by atoms with Gasteiger partial charge < -0.3 is 19.4 Å². The van der Waals surface area contributed by atoms with E-state index in [2.05, 4.69) is 0 Å². The van der Waals surface area contributed by atoms with Crippen LogP contribution in [0.25, 0.3) is 32.9 Å². The first kappa shape index (κ1) is 22.2. The van der Waals surface area contributed by atoms with Gasteiger partial charge in [-0.15, -0.1) is 0 Å². The molecule has 5 aromatic rings. The summed E-state index contributed by atoms with van der Waals surface area (Å²) in [5, 5.41) is 22.7. The SMILES string of the molecule is COC(=O)CC(c1cccc2ccccc12)c1c(O)ccc2c(=O)c(-c3ccc(O)cc3)coc12. The van der Waals surface area contributed by atoms with Gasteiger partial charge >= 0.3 is 5.97 Å². The molecule has 2 N–H and O–H groups in total. The van der Waals surface area contributed by atoms with Crippen molar-refractivity contribution in [2.75, 3.05) is 7.11 Å². The lowest BCUT2D eigenvalue weighted by molar-refractivity contribution is -0.140. The van der Waals surface area contributed by atoms with Crippen LogP contribution in [0.2, 0.25) is 0 Å². The van der Waals surface area contributed by atoms with E-state index >= 15 is 0 Å². The molecule has 0 saturated carbocycles. The quantitative estimate of drug-likeness (QED) is 0.322. The first-order chi connectivity index (χ1) is 17.0. The summed E-state index contributed by atoms with van der Waals surface area (Å²) < 4.78 is 10.9. The molecule has 0 radical (unpaired) electrons. The summed E-state index contributed by atoms with van der Waals surface area (Å²) in [6.07, 6.45) is 1.29. The first-order valence-corrected chi connectivity index (χ1v) is 11.1. The zero-order valence-electron chi connectivity index (χ0n) is 18.9. The molecule has 5 rings (SSSR count). The highest BCUT2D eigenvalue weighted by atomic mass is 16.5. The number of phenols is 2. The van der Waals surface area contributed by atoms with Gasteiger partial charge in [0.2, 0.25) is 5.43 Å². The van der Waals surface area contributed by atoms with Crippen molar-refractivity contribution in [2.24, 2.45) is 0 Å². The van der Waals surface area contributed by atoms with Gasteiger partial charge in [0.25, 0.3) is 0 Å². The predicted molar refractivity (Wildman–Crippen MR) is 134 cm³/mol. The second kappa shape index (κ2) is 8.99. The zero-order chi connectivity index (χ0) is 24.5. The number of hydrogen-bond acceptors (Lipinski definition) is 6. The Morgan fingerprint density at radius 1 is 0.914 bits per heavy atom. The average molecular weight is 466 g/mol. The first-order valence-electron chi connectivity index (χ1n) is 11.1. The molecule has 0 aliphatic rings. The molecule has 1 atom stereocenters. The number of ether oxygens (including phenoxy) is 1. The fraction of sp³-hybridized carbons (Fsp3) is 0.103. The van der Waals surface area contributed by atoms with Crippen LogP contribution in [0.1, 0.15) is 23.5 Å². The molecule has 1 unspecified atom stereocenters. The number of esters is 1. The smallest absolute Gasteiger partial charge is 0.306 e. The number of rotatable bonds is 5. The monoisotopic (exact) mass is 466 g/mol. The van der Waals surface area contributed by atoms with Crippen molar-refractivity contribution in [1.29, 1.82) is 0 Å². The second-order valence-corrected chi connectivity index (χ2v) is 8.30. The van der Waals surface area contributed by atoms with Crippen molar-refractivity contribution in [3.8, 4) is 22.6 Å². The fourth-order valence-electron chi connectivity index (χ4n) is 4.56. The van der Waals surface area contributed by atoms with Gasteiger partial charge in [-0.05, 0) is 46.2 Å². The van der Waals surface area contributed by atoms with Gasteiger partial charge in [0.05, 0.1) is 24.5 Å². The molecular formula is C29H22O6.